The minimum atomic E-state index is -0.416. The van der Waals surface area contributed by atoms with Crippen LogP contribution >= 0.6 is 0 Å². The molecule has 3 atom stereocenters. The minimum absolute atomic E-state index is 0.336. The van der Waals surface area contributed by atoms with E-state index in [1.54, 1.807) is 7.11 Å². The monoisotopic (exact) mass is 154 g/mol. The number of rotatable bonds is 1. The number of hydrogen-bond donors (Lipinski definition) is 0. The third-order valence-electron chi connectivity index (χ3n) is 3.47. The SMILES string of the molecule is CO[C@]1(C)C(=O)[C@H]2CCC[C@H]21. The first-order chi connectivity index (χ1) is 5.20. The van der Waals surface area contributed by atoms with Crippen molar-refractivity contribution in [1.82, 2.24) is 0 Å². The van der Waals surface area contributed by atoms with Crippen molar-refractivity contribution in [2.45, 2.75) is 31.8 Å². The van der Waals surface area contributed by atoms with Crippen molar-refractivity contribution in [3.63, 3.8) is 0 Å². The standard InChI is InChI=1S/C9H14O2/c1-9(11-2)7-5-3-4-6(7)8(9)10/h6-7H,3-5H2,1-2H3/t6-,7+,9-/m0/s1. The van der Waals surface area contributed by atoms with E-state index >= 15 is 0 Å². The Bertz CT molecular complexity index is 200. The molecule has 0 amide bonds. The third kappa shape index (κ3) is 0.684. The molecule has 0 aromatic carbocycles. The van der Waals surface area contributed by atoms with Crippen LogP contribution in [0, 0.1) is 11.8 Å². The molecule has 0 aromatic heterocycles. The zero-order valence-corrected chi connectivity index (χ0v) is 7.09. The Labute approximate surface area is 66.9 Å². The van der Waals surface area contributed by atoms with Crippen molar-refractivity contribution >= 4 is 5.78 Å². The van der Waals surface area contributed by atoms with Gasteiger partial charge in [0.2, 0.25) is 0 Å². The molecule has 0 spiro atoms. The number of Topliss-reactive ketones (excluding diaryl/α,β-unsaturated/α-hetero) is 1. The number of ether oxygens (including phenoxy) is 1. The van der Waals surface area contributed by atoms with E-state index in [2.05, 4.69) is 0 Å². The largest absolute Gasteiger partial charge is 0.370 e. The molecule has 2 nitrogen and oxygen atoms in total. The van der Waals surface area contributed by atoms with Crippen LogP contribution in [0.2, 0.25) is 0 Å². The van der Waals surface area contributed by atoms with E-state index in [-0.39, 0.29) is 0 Å². The molecule has 2 heteroatoms. The van der Waals surface area contributed by atoms with Gasteiger partial charge in [0.25, 0.3) is 0 Å². The van der Waals surface area contributed by atoms with Gasteiger partial charge in [0, 0.05) is 18.9 Å². The molecule has 2 fully saturated rings. The summed E-state index contributed by atoms with van der Waals surface area (Å²) >= 11 is 0. The van der Waals surface area contributed by atoms with Gasteiger partial charge in [0.15, 0.2) is 5.78 Å². The number of methoxy groups -OCH3 is 1. The Hall–Kier alpha value is -0.370. The fraction of sp³-hybridized carbons (Fsp3) is 0.889. The number of carbonyl (C=O) groups excluding carboxylic acids is 1. The summed E-state index contributed by atoms with van der Waals surface area (Å²) in [4.78, 5) is 11.5. The van der Waals surface area contributed by atoms with Gasteiger partial charge >= 0.3 is 0 Å². The van der Waals surface area contributed by atoms with Crippen molar-refractivity contribution in [2.75, 3.05) is 7.11 Å². The second-order valence-electron chi connectivity index (χ2n) is 3.82. The molecule has 0 N–H and O–H groups in total. The van der Waals surface area contributed by atoms with E-state index < -0.39 is 5.60 Å². The van der Waals surface area contributed by atoms with Crippen molar-refractivity contribution in [3.05, 3.63) is 0 Å². The Morgan fingerprint density at radius 1 is 1.55 bits per heavy atom. The highest BCUT2D eigenvalue weighted by molar-refractivity contribution is 5.96. The van der Waals surface area contributed by atoms with Gasteiger partial charge in [-0.25, -0.2) is 0 Å². The summed E-state index contributed by atoms with van der Waals surface area (Å²) in [6.07, 6.45) is 3.49. The molecule has 0 saturated heterocycles. The zero-order chi connectivity index (χ0) is 8.06. The quantitative estimate of drug-likeness (QED) is 0.570. The molecule has 62 valence electrons. The Balaban J connectivity index is 2.20. The topological polar surface area (TPSA) is 26.3 Å². The second kappa shape index (κ2) is 2.07. The lowest BCUT2D eigenvalue weighted by Crippen LogP contribution is -2.60. The predicted octanol–water partition coefficient (Wildman–Crippen LogP) is 1.39. The van der Waals surface area contributed by atoms with E-state index in [4.69, 9.17) is 4.74 Å². The van der Waals surface area contributed by atoms with Crippen molar-refractivity contribution in [1.29, 1.82) is 0 Å². The van der Waals surface area contributed by atoms with Gasteiger partial charge in [0.1, 0.15) is 5.60 Å². The maximum Gasteiger partial charge on any atom is 0.168 e. The molecular weight excluding hydrogens is 140 g/mol. The van der Waals surface area contributed by atoms with Gasteiger partial charge < -0.3 is 4.74 Å². The first kappa shape index (κ1) is 7.29. The van der Waals surface area contributed by atoms with E-state index in [1.807, 2.05) is 6.92 Å². The molecule has 0 bridgehead atoms. The summed E-state index contributed by atoms with van der Waals surface area (Å²) < 4.78 is 5.25. The first-order valence-corrected chi connectivity index (χ1v) is 4.29. The van der Waals surface area contributed by atoms with Crippen LogP contribution in [0.3, 0.4) is 0 Å². The van der Waals surface area contributed by atoms with Crippen LogP contribution in [0.4, 0.5) is 0 Å². The lowest BCUT2D eigenvalue weighted by atomic mass is 9.62. The van der Waals surface area contributed by atoms with Crippen LogP contribution < -0.4 is 0 Å². The highest BCUT2D eigenvalue weighted by atomic mass is 16.5. The lowest BCUT2D eigenvalue weighted by Gasteiger charge is -2.46. The lowest BCUT2D eigenvalue weighted by molar-refractivity contribution is -0.175. The summed E-state index contributed by atoms with van der Waals surface area (Å²) in [5.74, 6) is 1.21. The number of hydrogen-bond acceptors (Lipinski definition) is 2. The second-order valence-corrected chi connectivity index (χ2v) is 3.82. The van der Waals surface area contributed by atoms with Gasteiger partial charge in [-0.3, -0.25) is 4.79 Å². The summed E-state index contributed by atoms with van der Waals surface area (Å²) in [7, 11) is 1.65. The van der Waals surface area contributed by atoms with E-state index in [9.17, 15) is 4.79 Å². The average Bonchev–Trinajstić information content (AvgIpc) is 2.48. The normalized spacial score (nSPS) is 48.7. The van der Waals surface area contributed by atoms with Gasteiger partial charge in [0.05, 0.1) is 0 Å². The van der Waals surface area contributed by atoms with Crippen molar-refractivity contribution in [3.8, 4) is 0 Å². The van der Waals surface area contributed by atoms with Gasteiger partial charge in [-0.2, -0.15) is 0 Å². The number of carbonyl (C=O) groups is 1. The molecule has 11 heavy (non-hydrogen) atoms. The molecule has 2 aliphatic carbocycles. The van der Waals surface area contributed by atoms with Crippen LogP contribution in [0.1, 0.15) is 26.2 Å². The molecule has 2 aliphatic rings. The molecule has 2 saturated carbocycles. The van der Waals surface area contributed by atoms with Gasteiger partial charge in [-0.15, -0.1) is 0 Å². The molecule has 0 aliphatic heterocycles. The molecule has 2 rings (SSSR count). The smallest absolute Gasteiger partial charge is 0.168 e. The Kier molecular flexibility index (Phi) is 1.37. The number of fused-ring (bicyclic) bond motifs is 1. The zero-order valence-electron chi connectivity index (χ0n) is 7.09. The summed E-state index contributed by atoms with van der Waals surface area (Å²) in [5.41, 5.74) is -0.416. The van der Waals surface area contributed by atoms with E-state index in [0.29, 0.717) is 17.6 Å². The molecule has 0 unspecified atom stereocenters. The van der Waals surface area contributed by atoms with Crippen LogP contribution in [0.15, 0.2) is 0 Å². The highest BCUT2D eigenvalue weighted by Gasteiger charge is 2.60. The van der Waals surface area contributed by atoms with E-state index in [1.165, 1.54) is 12.8 Å². The minimum Gasteiger partial charge on any atom is -0.370 e. The Morgan fingerprint density at radius 2 is 2.27 bits per heavy atom. The maximum absolute atomic E-state index is 11.5. The highest BCUT2D eigenvalue weighted by Crippen LogP contribution is 2.52. The van der Waals surface area contributed by atoms with Crippen molar-refractivity contribution in [2.24, 2.45) is 11.8 Å². The third-order valence-corrected chi connectivity index (χ3v) is 3.47. The molecule has 0 radical (unpaired) electrons. The van der Waals surface area contributed by atoms with Crippen LogP contribution in [-0.4, -0.2) is 18.5 Å². The summed E-state index contributed by atoms with van der Waals surface area (Å²) in [5, 5.41) is 0. The molecule has 0 aromatic rings. The maximum atomic E-state index is 11.5. The first-order valence-electron chi connectivity index (χ1n) is 4.29. The van der Waals surface area contributed by atoms with E-state index in [0.717, 1.165) is 6.42 Å². The fourth-order valence-corrected chi connectivity index (χ4v) is 2.64. The van der Waals surface area contributed by atoms with Gasteiger partial charge in [-0.05, 0) is 19.8 Å². The predicted molar refractivity (Wildman–Crippen MR) is 41.3 cm³/mol. The summed E-state index contributed by atoms with van der Waals surface area (Å²) in [6.45, 7) is 1.93. The summed E-state index contributed by atoms with van der Waals surface area (Å²) in [6, 6.07) is 0. The molecular formula is C9H14O2. The van der Waals surface area contributed by atoms with Gasteiger partial charge in [-0.1, -0.05) is 6.42 Å². The fourth-order valence-electron chi connectivity index (χ4n) is 2.64. The van der Waals surface area contributed by atoms with Crippen LogP contribution in [-0.2, 0) is 9.53 Å². The van der Waals surface area contributed by atoms with Crippen molar-refractivity contribution < 1.29 is 9.53 Å². The van der Waals surface area contributed by atoms with Crippen LogP contribution in [0.5, 0.6) is 0 Å². The van der Waals surface area contributed by atoms with Crippen LogP contribution in [0.25, 0.3) is 0 Å². The average molecular weight is 154 g/mol. The Morgan fingerprint density at radius 3 is 2.91 bits per heavy atom. The molecule has 0 heterocycles. The number of ketones is 1.